The van der Waals surface area contributed by atoms with Crippen LogP contribution in [0, 0.1) is 0 Å². The van der Waals surface area contributed by atoms with Crippen molar-refractivity contribution in [2.45, 2.75) is 39.8 Å². The molecule has 1 aromatic heterocycles. The van der Waals surface area contributed by atoms with E-state index >= 15 is 0 Å². The summed E-state index contributed by atoms with van der Waals surface area (Å²) in [5.74, 6) is -1.06. The van der Waals surface area contributed by atoms with Crippen LogP contribution in [-0.4, -0.2) is 39.2 Å². The minimum absolute atomic E-state index is 0.262. The maximum atomic E-state index is 12.6. The van der Waals surface area contributed by atoms with Crippen molar-refractivity contribution < 1.29 is 19.1 Å². The summed E-state index contributed by atoms with van der Waals surface area (Å²) in [5.41, 5.74) is 1.94. The zero-order valence-electron chi connectivity index (χ0n) is 15.8. The van der Waals surface area contributed by atoms with E-state index in [4.69, 9.17) is 4.74 Å². The van der Waals surface area contributed by atoms with Gasteiger partial charge >= 0.3 is 5.97 Å². The molecule has 0 unspecified atom stereocenters. The molecule has 1 saturated heterocycles. The van der Waals surface area contributed by atoms with Gasteiger partial charge in [-0.1, -0.05) is 18.2 Å². The molecule has 1 aliphatic rings. The van der Waals surface area contributed by atoms with Crippen molar-refractivity contribution in [2.75, 3.05) is 6.54 Å². The molecule has 3 rings (SSSR count). The third-order valence-electron chi connectivity index (χ3n) is 4.14. The Morgan fingerprint density at radius 2 is 1.89 bits per heavy atom. The Hall–Kier alpha value is -2.54. The quantitative estimate of drug-likeness (QED) is 0.569. The maximum absolute atomic E-state index is 12.6. The van der Waals surface area contributed by atoms with Crippen molar-refractivity contribution >= 4 is 45.9 Å². The molecule has 2 heterocycles. The number of carbonyl (C=O) groups is 3. The van der Waals surface area contributed by atoms with E-state index in [0.717, 1.165) is 33.1 Å². The van der Waals surface area contributed by atoms with Crippen LogP contribution < -0.4 is 0 Å². The SMILES string of the molecule is CC(C)OC(=O)CN1C(=O)S/C(=C\c2cn(C(C)C)c3ccccc23)C1=O. The highest BCUT2D eigenvalue weighted by molar-refractivity contribution is 8.18. The molecule has 1 aromatic carbocycles. The number of hydrogen-bond donors (Lipinski definition) is 0. The van der Waals surface area contributed by atoms with Gasteiger partial charge in [0.2, 0.25) is 0 Å². The van der Waals surface area contributed by atoms with E-state index in [-0.39, 0.29) is 18.7 Å². The highest BCUT2D eigenvalue weighted by Gasteiger charge is 2.37. The summed E-state index contributed by atoms with van der Waals surface area (Å²) in [4.78, 5) is 37.9. The molecular formula is C20H22N2O4S. The van der Waals surface area contributed by atoms with Crippen molar-refractivity contribution in [3.05, 3.63) is 40.9 Å². The first-order valence-electron chi connectivity index (χ1n) is 8.82. The summed E-state index contributed by atoms with van der Waals surface area (Å²) < 4.78 is 7.16. The monoisotopic (exact) mass is 386 g/mol. The van der Waals surface area contributed by atoms with Crippen molar-refractivity contribution in [3.8, 4) is 0 Å². The molecular weight excluding hydrogens is 364 g/mol. The van der Waals surface area contributed by atoms with Gasteiger partial charge in [0.25, 0.3) is 11.1 Å². The Morgan fingerprint density at radius 1 is 1.19 bits per heavy atom. The van der Waals surface area contributed by atoms with E-state index in [1.165, 1.54) is 0 Å². The number of imide groups is 1. The van der Waals surface area contributed by atoms with Gasteiger partial charge in [-0.3, -0.25) is 19.3 Å². The predicted octanol–water partition coefficient (Wildman–Crippen LogP) is 4.21. The topological polar surface area (TPSA) is 68.6 Å². The highest BCUT2D eigenvalue weighted by atomic mass is 32.2. The number of rotatable bonds is 5. The zero-order valence-corrected chi connectivity index (χ0v) is 16.6. The molecule has 1 fully saturated rings. The first-order chi connectivity index (χ1) is 12.8. The normalized spacial score (nSPS) is 16.4. The molecule has 0 atom stereocenters. The molecule has 6 nitrogen and oxygen atoms in total. The van der Waals surface area contributed by atoms with Crippen LogP contribution in [0.15, 0.2) is 35.4 Å². The van der Waals surface area contributed by atoms with Gasteiger partial charge in [0.1, 0.15) is 6.54 Å². The van der Waals surface area contributed by atoms with E-state index in [1.54, 1.807) is 19.9 Å². The molecule has 1 aliphatic heterocycles. The number of carbonyl (C=O) groups excluding carboxylic acids is 3. The molecule has 0 radical (unpaired) electrons. The molecule has 142 valence electrons. The molecule has 0 N–H and O–H groups in total. The summed E-state index contributed by atoms with van der Waals surface area (Å²) >= 11 is 0.845. The Labute approximate surface area is 162 Å². The lowest BCUT2D eigenvalue weighted by molar-refractivity contribution is -0.149. The predicted molar refractivity (Wildman–Crippen MR) is 106 cm³/mol. The van der Waals surface area contributed by atoms with Gasteiger partial charge in [-0.15, -0.1) is 0 Å². The zero-order chi connectivity index (χ0) is 19.7. The van der Waals surface area contributed by atoms with Crippen molar-refractivity contribution in [1.29, 1.82) is 0 Å². The second-order valence-electron chi connectivity index (χ2n) is 6.91. The molecule has 0 aliphatic carbocycles. The van der Waals surface area contributed by atoms with Gasteiger partial charge in [0, 0.05) is 28.7 Å². The molecule has 0 spiro atoms. The first kappa shape index (κ1) is 19.2. The standard InChI is InChI=1S/C20H22N2O4S/c1-12(2)21-10-14(15-7-5-6-8-16(15)21)9-17-19(24)22(20(25)27-17)11-18(23)26-13(3)4/h5-10,12-13H,11H2,1-4H3/b17-9-. The van der Waals surface area contributed by atoms with Gasteiger partial charge in [0.15, 0.2) is 0 Å². The highest BCUT2D eigenvalue weighted by Crippen LogP contribution is 2.34. The van der Waals surface area contributed by atoms with Crippen LogP contribution in [0.3, 0.4) is 0 Å². The Balaban J connectivity index is 1.90. The number of benzene rings is 1. The number of hydrogen-bond acceptors (Lipinski definition) is 5. The summed E-state index contributed by atoms with van der Waals surface area (Å²) in [5, 5.41) is 0.553. The van der Waals surface area contributed by atoms with Crippen molar-refractivity contribution in [1.82, 2.24) is 9.47 Å². The van der Waals surface area contributed by atoms with Gasteiger partial charge < -0.3 is 9.30 Å². The van der Waals surface area contributed by atoms with Crippen LogP contribution in [0.25, 0.3) is 17.0 Å². The summed E-state index contributed by atoms with van der Waals surface area (Å²) in [7, 11) is 0. The fourth-order valence-electron chi connectivity index (χ4n) is 2.98. The number of fused-ring (bicyclic) bond motifs is 1. The number of nitrogens with zero attached hydrogens (tertiary/aromatic N) is 2. The first-order valence-corrected chi connectivity index (χ1v) is 9.64. The largest absolute Gasteiger partial charge is 0.462 e. The molecule has 2 amide bonds. The lowest BCUT2D eigenvalue weighted by atomic mass is 10.1. The van der Waals surface area contributed by atoms with Crippen LogP contribution in [0.2, 0.25) is 0 Å². The van der Waals surface area contributed by atoms with Gasteiger partial charge in [-0.2, -0.15) is 0 Å². The Kier molecular flexibility index (Phi) is 5.41. The lowest BCUT2D eigenvalue weighted by Gasteiger charge is -2.13. The fraction of sp³-hybridized carbons (Fsp3) is 0.350. The van der Waals surface area contributed by atoms with Gasteiger partial charge in [-0.05, 0) is 51.6 Å². The smallest absolute Gasteiger partial charge is 0.326 e. The molecule has 2 aromatic rings. The Morgan fingerprint density at radius 3 is 2.56 bits per heavy atom. The molecule has 27 heavy (non-hydrogen) atoms. The van der Waals surface area contributed by atoms with E-state index in [9.17, 15) is 14.4 Å². The maximum Gasteiger partial charge on any atom is 0.326 e. The average molecular weight is 386 g/mol. The van der Waals surface area contributed by atoms with Gasteiger partial charge in [-0.25, -0.2) is 0 Å². The van der Waals surface area contributed by atoms with Crippen LogP contribution in [0.4, 0.5) is 4.79 Å². The van der Waals surface area contributed by atoms with E-state index < -0.39 is 17.1 Å². The lowest BCUT2D eigenvalue weighted by Crippen LogP contribution is -2.35. The van der Waals surface area contributed by atoms with E-state index in [2.05, 4.69) is 18.4 Å². The van der Waals surface area contributed by atoms with Crippen LogP contribution >= 0.6 is 11.8 Å². The number of esters is 1. The number of para-hydroxylation sites is 1. The third-order valence-corrected chi connectivity index (χ3v) is 5.05. The number of aromatic nitrogens is 1. The summed E-state index contributed by atoms with van der Waals surface area (Å²) in [6.45, 7) is 7.25. The minimum Gasteiger partial charge on any atom is -0.462 e. The van der Waals surface area contributed by atoms with Crippen LogP contribution in [0.5, 0.6) is 0 Å². The number of thioether (sulfide) groups is 1. The second-order valence-corrected chi connectivity index (χ2v) is 7.90. The Bertz CT molecular complexity index is 943. The number of amides is 2. The number of ether oxygens (including phenoxy) is 1. The second kappa shape index (κ2) is 7.60. The molecule has 7 heteroatoms. The molecule has 0 saturated carbocycles. The van der Waals surface area contributed by atoms with Gasteiger partial charge in [0.05, 0.1) is 11.0 Å². The van der Waals surface area contributed by atoms with E-state index in [0.29, 0.717) is 4.91 Å². The van der Waals surface area contributed by atoms with Crippen molar-refractivity contribution in [3.63, 3.8) is 0 Å². The minimum atomic E-state index is -0.593. The van der Waals surface area contributed by atoms with Crippen LogP contribution in [-0.2, 0) is 14.3 Å². The van der Waals surface area contributed by atoms with E-state index in [1.807, 2.05) is 30.5 Å². The van der Waals surface area contributed by atoms with Crippen molar-refractivity contribution in [2.24, 2.45) is 0 Å². The van der Waals surface area contributed by atoms with Crippen LogP contribution in [0.1, 0.15) is 39.3 Å². The molecule has 0 bridgehead atoms. The third kappa shape index (κ3) is 3.93. The summed E-state index contributed by atoms with van der Waals surface area (Å²) in [6.07, 6.45) is 3.41. The average Bonchev–Trinajstić information content (AvgIpc) is 3.08. The fourth-order valence-corrected chi connectivity index (χ4v) is 3.81. The summed E-state index contributed by atoms with van der Waals surface area (Å²) in [6, 6.07) is 8.19.